The highest BCUT2D eigenvalue weighted by Crippen LogP contribution is 2.17. The van der Waals surface area contributed by atoms with Crippen LogP contribution in [-0.2, 0) is 38.0 Å². The van der Waals surface area contributed by atoms with Crippen LogP contribution in [-0.4, -0.2) is 77.0 Å². The van der Waals surface area contributed by atoms with Gasteiger partial charge in [-0.2, -0.15) is 0 Å². The Hall–Kier alpha value is -2.26. The molecule has 0 bridgehead atoms. The fraction of sp³-hybridized carbons (Fsp3) is 0.600. The molecule has 0 spiro atoms. The molecule has 0 aromatic rings. The standard InChI is InChI=1S/C25H40O8/c1-9-11-28-13-19(3)23(26)32-21(5)15-30-17-25(7,8)18-31-16-22(6)33-24(27)20(4)14-29-12-10-2/h9-10,21-22H,1-4,11-18H2,5-8H3. The summed E-state index contributed by atoms with van der Waals surface area (Å²) in [6.07, 6.45) is 2.31. The molecule has 2 atom stereocenters. The summed E-state index contributed by atoms with van der Waals surface area (Å²) in [5, 5.41) is 0. The molecule has 0 radical (unpaired) electrons. The topological polar surface area (TPSA) is 89.5 Å². The lowest BCUT2D eigenvalue weighted by Gasteiger charge is -2.26. The van der Waals surface area contributed by atoms with Gasteiger partial charge in [0.2, 0.25) is 0 Å². The molecular formula is C25H40O8. The molecule has 0 rings (SSSR count). The Morgan fingerprint density at radius 3 is 1.45 bits per heavy atom. The van der Waals surface area contributed by atoms with Crippen LogP contribution in [0.1, 0.15) is 27.7 Å². The molecule has 0 fully saturated rings. The molecular weight excluding hydrogens is 428 g/mol. The highest BCUT2D eigenvalue weighted by Gasteiger charge is 2.21. The van der Waals surface area contributed by atoms with Crippen LogP contribution in [0.25, 0.3) is 0 Å². The third kappa shape index (κ3) is 16.1. The van der Waals surface area contributed by atoms with Gasteiger partial charge >= 0.3 is 11.9 Å². The highest BCUT2D eigenvalue weighted by atomic mass is 16.6. The highest BCUT2D eigenvalue weighted by molar-refractivity contribution is 5.88. The van der Waals surface area contributed by atoms with Crippen molar-refractivity contribution < 1.29 is 38.0 Å². The summed E-state index contributed by atoms with van der Waals surface area (Å²) in [6.45, 7) is 23.9. The zero-order valence-corrected chi connectivity index (χ0v) is 20.6. The Morgan fingerprint density at radius 2 is 1.12 bits per heavy atom. The summed E-state index contributed by atoms with van der Waals surface area (Å²) >= 11 is 0. The van der Waals surface area contributed by atoms with Crippen molar-refractivity contribution in [1.82, 2.24) is 0 Å². The Balaban J connectivity index is 4.11. The molecule has 188 valence electrons. The molecule has 0 saturated heterocycles. The average molecular weight is 469 g/mol. The maximum absolute atomic E-state index is 11.9. The van der Waals surface area contributed by atoms with Gasteiger partial charge < -0.3 is 28.4 Å². The molecule has 2 unspecified atom stereocenters. The van der Waals surface area contributed by atoms with Crippen LogP contribution in [0.4, 0.5) is 0 Å². The monoisotopic (exact) mass is 468 g/mol. The molecule has 0 N–H and O–H groups in total. The van der Waals surface area contributed by atoms with Gasteiger partial charge in [0.05, 0.1) is 64.0 Å². The summed E-state index contributed by atoms with van der Waals surface area (Å²) in [5.74, 6) is -1.03. The lowest BCUT2D eigenvalue weighted by atomic mass is 9.96. The van der Waals surface area contributed by atoms with Crippen molar-refractivity contribution in [3.8, 4) is 0 Å². The fourth-order valence-corrected chi connectivity index (χ4v) is 2.29. The Kier molecular flexibility index (Phi) is 16.1. The van der Waals surface area contributed by atoms with E-state index in [-0.39, 0.29) is 43.0 Å². The summed E-state index contributed by atoms with van der Waals surface area (Å²) in [6, 6.07) is 0. The van der Waals surface area contributed by atoms with Crippen molar-refractivity contribution in [1.29, 1.82) is 0 Å². The van der Waals surface area contributed by atoms with E-state index in [1.54, 1.807) is 26.0 Å². The number of esters is 2. The zero-order valence-electron chi connectivity index (χ0n) is 20.6. The van der Waals surface area contributed by atoms with Gasteiger partial charge in [-0.05, 0) is 13.8 Å². The van der Waals surface area contributed by atoms with Crippen molar-refractivity contribution in [3.05, 3.63) is 49.6 Å². The van der Waals surface area contributed by atoms with Crippen LogP contribution in [0.15, 0.2) is 49.6 Å². The first-order valence-corrected chi connectivity index (χ1v) is 10.8. The van der Waals surface area contributed by atoms with Gasteiger partial charge in [0, 0.05) is 5.41 Å². The zero-order chi connectivity index (χ0) is 25.3. The van der Waals surface area contributed by atoms with Gasteiger partial charge in [0.15, 0.2) is 0 Å². The van der Waals surface area contributed by atoms with Crippen molar-refractivity contribution in [2.45, 2.75) is 39.9 Å². The molecule has 0 aromatic heterocycles. The van der Waals surface area contributed by atoms with E-state index in [1.165, 1.54) is 0 Å². The minimum absolute atomic E-state index is 0.0910. The first-order valence-electron chi connectivity index (χ1n) is 10.8. The lowest BCUT2D eigenvalue weighted by molar-refractivity contribution is -0.148. The molecule has 33 heavy (non-hydrogen) atoms. The molecule has 0 aliphatic heterocycles. The summed E-state index contributed by atoms with van der Waals surface area (Å²) in [5.41, 5.74) is 0.178. The minimum Gasteiger partial charge on any atom is -0.457 e. The van der Waals surface area contributed by atoms with Crippen LogP contribution >= 0.6 is 0 Å². The number of hydrogen-bond acceptors (Lipinski definition) is 8. The van der Waals surface area contributed by atoms with E-state index >= 15 is 0 Å². The first kappa shape index (κ1) is 30.7. The van der Waals surface area contributed by atoms with E-state index in [1.807, 2.05) is 13.8 Å². The van der Waals surface area contributed by atoms with Gasteiger partial charge in [-0.15, -0.1) is 13.2 Å². The Bertz CT molecular complexity index is 599. The summed E-state index contributed by atoms with van der Waals surface area (Å²) < 4.78 is 32.3. The molecule has 0 heterocycles. The quantitative estimate of drug-likeness (QED) is 0.116. The fourth-order valence-electron chi connectivity index (χ4n) is 2.29. The van der Waals surface area contributed by atoms with Gasteiger partial charge in [-0.25, -0.2) is 9.59 Å². The van der Waals surface area contributed by atoms with Crippen LogP contribution in [0.2, 0.25) is 0 Å². The molecule has 0 saturated carbocycles. The second-order valence-electron chi connectivity index (χ2n) is 8.44. The Labute approximate surface area is 198 Å². The van der Waals surface area contributed by atoms with E-state index in [0.29, 0.717) is 26.4 Å². The third-order valence-electron chi connectivity index (χ3n) is 3.91. The largest absolute Gasteiger partial charge is 0.457 e. The van der Waals surface area contributed by atoms with Gasteiger partial charge in [-0.1, -0.05) is 39.2 Å². The molecule has 0 aliphatic rings. The number of carbonyl (C=O) groups is 2. The van der Waals surface area contributed by atoms with E-state index in [0.717, 1.165) is 0 Å². The maximum atomic E-state index is 11.9. The smallest absolute Gasteiger partial charge is 0.336 e. The van der Waals surface area contributed by atoms with Crippen molar-refractivity contribution in [3.63, 3.8) is 0 Å². The normalized spacial score (nSPS) is 13.0. The lowest BCUT2D eigenvalue weighted by Crippen LogP contribution is -2.31. The van der Waals surface area contributed by atoms with Gasteiger partial charge in [0.1, 0.15) is 12.2 Å². The van der Waals surface area contributed by atoms with Crippen LogP contribution in [0.5, 0.6) is 0 Å². The third-order valence-corrected chi connectivity index (χ3v) is 3.91. The van der Waals surface area contributed by atoms with Crippen molar-refractivity contribution in [2.75, 3.05) is 52.9 Å². The van der Waals surface area contributed by atoms with Gasteiger partial charge in [0.25, 0.3) is 0 Å². The minimum atomic E-state index is -0.517. The SMILES string of the molecule is C=CCOCC(=C)C(=O)OC(C)COCC(C)(C)COCC(C)OC(=O)C(=C)COCC=C. The molecule has 8 nitrogen and oxygen atoms in total. The molecule has 8 heteroatoms. The predicted octanol–water partition coefficient (Wildman–Crippen LogP) is 3.43. The van der Waals surface area contributed by atoms with Gasteiger partial charge in [-0.3, -0.25) is 0 Å². The van der Waals surface area contributed by atoms with Crippen LogP contribution in [0.3, 0.4) is 0 Å². The van der Waals surface area contributed by atoms with E-state index < -0.39 is 24.1 Å². The maximum Gasteiger partial charge on any atom is 0.336 e. The van der Waals surface area contributed by atoms with E-state index in [2.05, 4.69) is 26.3 Å². The molecule has 0 aliphatic carbocycles. The average Bonchev–Trinajstić information content (AvgIpc) is 2.73. The number of carbonyl (C=O) groups excluding carboxylic acids is 2. The number of hydrogen-bond donors (Lipinski definition) is 0. The first-order chi connectivity index (χ1) is 15.5. The van der Waals surface area contributed by atoms with Crippen LogP contribution < -0.4 is 0 Å². The summed E-state index contributed by atoms with van der Waals surface area (Å²) in [4.78, 5) is 23.9. The second kappa shape index (κ2) is 17.2. The molecule has 0 aromatic carbocycles. The van der Waals surface area contributed by atoms with E-state index in [9.17, 15) is 9.59 Å². The number of ether oxygens (including phenoxy) is 6. The number of rotatable bonds is 20. The second-order valence-corrected chi connectivity index (χ2v) is 8.44. The van der Waals surface area contributed by atoms with E-state index in [4.69, 9.17) is 28.4 Å². The Morgan fingerprint density at radius 1 is 0.758 bits per heavy atom. The predicted molar refractivity (Wildman–Crippen MR) is 127 cm³/mol. The van der Waals surface area contributed by atoms with Crippen LogP contribution in [0, 0.1) is 5.41 Å². The summed E-state index contributed by atoms with van der Waals surface area (Å²) in [7, 11) is 0. The van der Waals surface area contributed by atoms with Crippen molar-refractivity contribution >= 4 is 11.9 Å². The molecule has 0 amide bonds. The van der Waals surface area contributed by atoms with Crippen molar-refractivity contribution in [2.24, 2.45) is 5.41 Å².